The molecule has 2 heterocycles. The number of nitrogens with two attached hydrogens (primary N) is 1. The Labute approximate surface area is 129 Å². The van der Waals surface area contributed by atoms with Gasteiger partial charge in [0.2, 0.25) is 0 Å². The lowest BCUT2D eigenvalue weighted by molar-refractivity contribution is 0.0995. The quantitative estimate of drug-likeness (QED) is 0.831. The van der Waals surface area contributed by atoms with Gasteiger partial charge in [-0.1, -0.05) is 13.8 Å². The van der Waals surface area contributed by atoms with Crippen molar-refractivity contribution in [1.29, 1.82) is 0 Å². The van der Waals surface area contributed by atoms with Crippen LogP contribution >= 0.6 is 0 Å². The normalized spacial score (nSPS) is 19.3. The summed E-state index contributed by atoms with van der Waals surface area (Å²) < 4.78 is 2.14. The summed E-state index contributed by atoms with van der Waals surface area (Å²) in [4.78, 5) is 4.98. The van der Waals surface area contributed by atoms with Crippen molar-refractivity contribution >= 4 is 0 Å². The van der Waals surface area contributed by atoms with Crippen LogP contribution in [0.2, 0.25) is 0 Å². The van der Waals surface area contributed by atoms with Gasteiger partial charge in [-0.05, 0) is 25.8 Å². The molecule has 120 valence electrons. The number of aromatic nitrogens is 2. The highest BCUT2D eigenvalue weighted by atomic mass is 15.3. The van der Waals surface area contributed by atoms with E-state index in [1.54, 1.807) is 0 Å². The van der Waals surface area contributed by atoms with Crippen LogP contribution in [-0.4, -0.2) is 58.3 Å². The monoisotopic (exact) mass is 293 g/mol. The number of hydrogen-bond acceptors (Lipinski definition) is 4. The molecule has 0 spiro atoms. The molecule has 1 saturated heterocycles. The molecule has 5 nitrogen and oxygen atoms in total. The summed E-state index contributed by atoms with van der Waals surface area (Å²) >= 11 is 0. The molecule has 21 heavy (non-hydrogen) atoms. The first kappa shape index (κ1) is 16.5. The average Bonchev–Trinajstić information content (AvgIpc) is 2.97. The van der Waals surface area contributed by atoms with Gasteiger partial charge in [-0.3, -0.25) is 14.5 Å². The van der Waals surface area contributed by atoms with Gasteiger partial charge in [0.15, 0.2) is 0 Å². The zero-order chi connectivity index (χ0) is 15.2. The molecule has 1 atom stereocenters. The van der Waals surface area contributed by atoms with E-state index in [1.165, 1.54) is 5.69 Å². The maximum Gasteiger partial charge on any atom is 0.0764 e. The Morgan fingerprint density at radius 1 is 1.19 bits per heavy atom. The minimum Gasteiger partial charge on any atom is -0.329 e. The summed E-state index contributed by atoms with van der Waals surface area (Å²) in [5, 5.41) is 4.76. The van der Waals surface area contributed by atoms with Crippen LogP contribution in [0.5, 0.6) is 0 Å². The van der Waals surface area contributed by atoms with Crippen molar-refractivity contribution in [3.63, 3.8) is 0 Å². The Kier molecular flexibility index (Phi) is 6.21. The second-order valence-electron chi connectivity index (χ2n) is 6.15. The van der Waals surface area contributed by atoms with Gasteiger partial charge in [0.1, 0.15) is 0 Å². The van der Waals surface area contributed by atoms with Crippen molar-refractivity contribution in [1.82, 2.24) is 19.6 Å². The predicted octanol–water partition coefficient (Wildman–Crippen LogP) is 1.71. The van der Waals surface area contributed by atoms with Gasteiger partial charge in [-0.2, -0.15) is 5.10 Å². The van der Waals surface area contributed by atoms with E-state index in [4.69, 9.17) is 10.8 Å². The molecular formula is C16H31N5. The van der Waals surface area contributed by atoms with E-state index in [1.807, 2.05) is 0 Å². The zero-order valence-electron chi connectivity index (χ0n) is 13.8. The SMILES string of the molecule is CCC(CC)n1ccc(CN2CCN(C(C)CN)CC2)n1. The zero-order valence-corrected chi connectivity index (χ0v) is 13.8. The Morgan fingerprint density at radius 3 is 2.43 bits per heavy atom. The van der Waals surface area contributed by atoms with E-state index in [2.05, 4.69) is 47.5 Å². The Bertz CT molecular complexity index is 405. The third kappa shape index (κ3) is 4.28. The Morgan fingerprint density at radius 2 is 1.86 bits per heavy atom. The first-order chi connectivity index (χ1) is 10.2. The second kappa shape index (κ2) is 7.92. The summed E-state index contributed by atoms with van der Waals surface area (Å²) in [7, 11) is 0. The summed E-state index contributed by atoms with van der Waals surface area (Å²) in [6.07, 6.45) is 4.43. The van der Waals surface area contributed by atoms with Gasteiger partial charge in [0.25, 0.3) is 0 Å². The average molecular weight is 293 g/mol. The molecular weight excluding hydrogens is 262 g/mol. The lowest BCUT2D eigenvalue weighted by atomic mass is 10.2. The first-order valence-electron chi connectivity index (χ1n) is 8.38. The Balaban J connectivity index is 1.84. The lowest BCUT2D eigenvalue weighted by Crippen LogP contribution is -2.51. The molecule has 5 heteroatoms. The van der Waals surface area contributed by atoms with E-state index in [0.29, 0.717) is 12.1 Å². The third-order valence-corrected chi connectivity index (χ3v) is 4.74. The third-order valence-electron chi connectivity index (χ3n) is 4.74. The van der Waals surface area contributed by atoms with Gasteiger partial charge in [0, 0.05) is 51.5 Å². The smallest absolute Gasteiger partial charge is 0.0764 e. The molecule has 0 bridgehead atoms. The summed E-state index contributed by atoms with van der Waals surface area (Å²) in [6.45, 7) is 12.9. The molecule has 1 unspecified atom stereocenters. The summed E-state index contributed by atoms with van der Waals surface area (Å²) in [5.74, 6) is 0. The number of hydrogen-bond donors (Lipinski definition) is 1. The van der Waals surface area contributed by atoms with Gasteiger partial charge in [-0.15, -0.1) is 0 Å². The van der Waals surface area contributed by atoms with E-state index < -0.39 is 0 Å². The van der Waals surface area contributed by atoms with Crippen LogP contribution in [0, 0.1) is 0 Å². The van der Waals surface area contributed by atoms with Crippen LogP contribution < -0.4 is 5.73 Å². The van der Waals surface area contributed by atoms with E-state index in [-0.39, 0.29) is 0 Å². The molecule has 0 aromatic carbocycles. The van der Waals surface area contributed by atoms with Gasteiger partial charge < -0.3 is 5.73 Å². The molecule has 0 aliphatic carbocycles. The standard InChI is InChI=1S/C16H31N5/c1-4-16(5-2)21-7-6-15(18-21)13-19-8-10-20(11-9-19)14(3)12-17/h6-7,14,16H,4-5,8-13,17H2,1-3H3. The van der Waals surface area contributed by atoms with Crippen molar-refractivity contribution in [3.8, 4) is 0 Å². The minimum absolute atomic E-state index is 0.501. The maximum atomic E-state index is 5.75. The maximum absolute atomic E-state index is 5.75. The van der Waals surface area contributed by atoms with Gasteiger partial charge in [0.05, 0.1) is 11.7 Å². The Hall–Kier alpha value is -0.910. The highest BCUT2D eigenvalue weighted by Gasteiger charge is 2.20. The molecule has 1 aromatic heterocycles. The first-order valence-corrected chi connectivity index (χ1v) is 8.38. The molecule has 1 fully saturated rings. The van der Waals surface area contributed by atoms with Crippen LogP contribution in [0.4, 0.5) is 0 Å². The molecule has 0 saturated carbocycles. The summed E-state index contributed by atoms with van der Waals surface area (Å²) in [6, 6.07) is 3.22. The largest absolute Gasteiger partial charge is 0.329 e. The minimum atomic E-state index is 0.501. The van der Waals surface area contributed by atoms with Crippen LogP contribution in [0.25, 0.3) is 0 Å². The van der Waals surface area contributed by atoms with E-state index >= 15 is 0 Å². The molecule has 2 N–H and O–H groups in total. The topological polar surface area (TPSA) is 50.3 Å². The van der Waals surface area contributed by atoms with Crippen molar-refractivity contribution < 1.29 is 0 Å². The van der Waals surface area contributed by atoms with Crippen LogP contribution in [0.1, 0.15) is 45.3 Å². The van der Waals surface area contributed by atoms with Crippen molar-refractivity contribution in [2.45, 2.75) is 52.2 Å². The van der Waals surface area contributed by atoms with Crippen molar-refractivity contribution in [3.05, 3.63) is 18.0 Å². The van der Waals surface area contributed by atoms with Crippen LogP contribution in [0.15, 0.2) is 12.3 Å². The van der Waals surface area contributed by atoms with Crippen molar-refractivity contribution in [2.75, 3.05) is 32.7 Å². The number of rotatable bonds is 7. The highest BCUT2D eigenvalue weighted by molar-refractivity contribution is 5.00. The number of nitrogens with zero attached hydrogens (tertiary/aromatic N) is 4. The molecule has 1 aromatic rings. The van der Waals surface area contributed by atoms with Crippen LogP contribution in [-0.2, 0) is 6.54 Å². The van der Waals surface area contributed by atoms with Gasteiger partial charge >= 0.3 is 0 Å². The fraction of sp³-hybridized carbons (Fsp3) is 0.812. The molecule has 0 amide bonds. The van der Waals surface area contributed by atoms with Crippen LogP contribution in [0.3, 0.4) is 0 Å². The number of piperazine rings is 1. The fourth-order valence-electron chi connectivity index (χ4n) is 3.07. The molecule has 1 aliphatic heterocycles. The van der Waals surface area contributed by atoms with E-state index in [0.717, 1.165) is 52.1 Å². The summed E-state index contributed by atoms with van der Waals surface area (Å²) in [5.41, 5.74) is 6.95. The fourth-order valence-corrected chi connectivity index (χ4v) is 3.07. The van der Waals surface area contributed by atoms with E-state index in [9.17, 15) is 0 Å². The lowest BCUT2D eigenvalue weighted by Gasteiger charge is -2.37. The second-order valence-corrected chi connectivity index (χ2v) is 6.15. The molecule has 2 rings (SSSR count). The molecule has 0 radical (unpaired) electrons. The molecule has 1 aliphatic rings. The van der Waals surface area contributed by atoms with Gasteiger partial charge in [-0.25, -0.2) is 0 Å². The predicted molar refractivity (Wildman–Crippen MR) is 87.2 cm³/mol. The highest BCUT2D eigenvalue weighted by Crippen LogP contribution is 2.15. The van der Waals surface area contributed by atoms with Crippen molar-refractivity contribution in [2.24, 2.45) is 5.73 Å².